The third-order valence-corrected chi connectivity index (χ3v) is 3.12. The van der Waals surface area contributed by atoms with Gasteiger partial charge in [0.1, 0.15) is 0 Å². The Balaban J connectivity index is 3.12. The topological polar surface area (TPSA) is 71.3 Å². The van der Waals surface area contributed by atoms with Crippen molar-refractivity contribution in [3.8, 4) is 0 Å². The molecule has 17 heavy (non-hydrogen) atoms. The van der Waals surface area contributed by atoms with Crippen molar-refractivity contribution in [1.82, 2.24) is 4.90 Å². The van der Waals surface area contributed by atoms with Crippen LogP contribution in [0, 0.1) is 0 Å². The van der Waals surface area contributed by atoms with Crippen LogP contribution in [-0.2, 0) is 14.9 Å². The number of amidine groups is 1. The van der Waals surface area contributed by atoms with E-state index in [1.165, 1.54) is 0 Å². The normalized spacial score (nSPS) is 19.1. The molecule has 1 rings (SSSR count). The van der Waals surface area contributed by atoms with E-state index in [9.17, 15) is 8.42 Å². The van der Waals surface area contributed by atoms with Crippen LogP contribution in [0.5, 0.6) is 0 Å². The summed E-state index contributed by atoms with van der Waals surface area (Å²) in [6.45, 7) is 4.61. The molecule has 6 nitrogen and oxygen atoms in total. The van der Waals surface area contributed by atoms with E-state index in [1.807, 2.05) is 13.8 Å². The highest BCUT2D eigenvalue weighted by Crippen LogP contribution is 2.31. The van der Waals surface area contributed by atoms with Gasteiger partial charge in [0.15, 0.2) is 0 Å². The summed E-state index contributed by atoms with van der Waals surface area (Å²) in [6.07, 6.45) is 0. The minimum atomic E-state index is -4.07. The monoisotopic (exact) mass is 321 g/mol. The highest BCUT2D eigenvalue weighted by Gasteiger charge is 2.37. The van der Waals surface area contributed by atoms with Crippen molar-refractivity contribution >= 4 is 56.9 Å². The average molecular weight is 323 g/mol. The maximum absolute atomic E-state index is 11.4. The summed E-state index contributed by atoms with van der Waals surface area (Å²) in [6, 6.07) is -0.147. The smallest absolute Gasteiger partial charge is 0.370 e. The van der Waals surface area contributed by atoms with Crippen LogP contribution in [0.3, 0.4) is 0 Å². The number of nitrogens with zero attached hydrogens (tertiary/aromatic N) is 3. The van der Waals surface area contributed by atoms with Gasteiger partial charge in [-0.15, -0.1) is 4.40 Å². The summed E-state index contributed by atoms with van der Waals surface area (Å²) in [5.74, 6) is -0.528. The highest BCUT2D eigenvalue weighted by atomic mass is 35.6. The second kappa shape index (κ2) is 5.17. The highest BCUT2D eigenvalue weighted by molar-refractivity contribution is 7.89. The molecule has 0 spiro atoms. The van der Waals surface area contributed by atoms with Gasteiger partial charge in [0.25, 0.3) is 9.69 Å². The van der Waals surface area contributed by atoms with Crippen molar-refractivity contribution in [2.75, 3.05) is 13.1 Å². The van der Waals surface area contributed by atoms with Gasteiger partial charge in [-0.3, -0.25) is 0 Å². The van der Waals surface area contributed by atoms with Crippen LogP contribution in [0.15, 0.2) is 8.80 Å². The zero-order chi connectivity index (χ0) is 13.3. The quantitative estimate of drug-likeness (QED) is 0.726. The first-order valence-electron chi connectivity index (χ1n) is 4.64. The number of hydrogen-bond acceptors (Lipinski definition) is 4. The van der Waals surface area contributed by atoms with Crippen LogP contribution >= 0.6 is 34.8 Å². The molecule has 1 aliphatic rings. The molecule has 0 aromatic heterocycles. The maximum Gasteiger partial charge on any atom is 0.370 e. The summed E-state index contributed by atoms with van der Waals surface area (Å²) in [5.41, 5.74) is 0. The summed E-state index contributed by atoms with van der Waals surface area (Å²) >= 11 is 16.6. The van der Waals surface area contributed by atoms with Gasteiger partial charge < -0.3 is 9.64 Å². The Morgan fingerprint density at radius 3 is 2.18 bits per heavy atom. The molecule has 0 bridgehead atoms. The van der Waals surface area contributed by atoms with Crippen LogP contribution in [0.4, 0.5) is 0 Å². The predicted molar refractivity (Wildman–Crippen MR) is 68.1 cm³/mol. The maximum atomic E-state index is 11.4. The van der Waals surface area contributed by atoms with Crippen LogP contribution in [0.25, 0.3) is 0 Å². The number of halogens is 3. The first-order chi connectivity index (χ1) is 7.69. The third kappa shape index (κ3) is 3.87. The molecule has 0 saturated carbocycles. The van der Waals surface area contributed by atoms with Crippen molar-refractivity contribution in [3.63, 3.8) is 0 Å². The molecule has 0 aromatic rings. The lowest BCUT2D eigenvalue weighted by atomic mass is 10.5. The van der Waals surface area contributed by atoms with E-state index in [1.54, 1.807) is 4.90 Å². The molecule has 0 amide bonds. The molecule has 0 N–H and O–H groups in total. The lowest BCUT2D eigenvalue weighted by Crippen LogP contribution is -2.40. The van der Waals surface area contributed by atoms with Crippen molar-refractivity contribution in [1.29, 1.82) is 0 Å². The van der Waals surface area contributed by atoms with E-state index < -0.39 is 19.9 Å². The Morgan fingerprint density at radius 2 is 1.76 bits per heavy atom. The van der Waals surface area contributed by atoms with Crippen molar-refractivity contribution in [2.24, 2.45) is 8.80 Å². The fourth-order valence-corrected chi connectivity index (χ4v) is 2.24. The molecular weight excluding hydrogens is 313 g/mol. The molecule has 1 heterocycles. The summed E-state index contributed by atoms with van der Waals surface area (Å²) in [5, 5.41) is 0. The van der Waals surface area contributed by atoms with Crippen molar-refractivity contribution < 1.29 is 13.2 Å². The molecule has 0 aromatic carbocycles. The fraction of sp³-hybridized carbons (Fsp3) is 0.714. The average Bonchev–Trinajstić information content (AvgIpc) is 2.15. The van der Waals surface area contributed by atoms with Crippen LogP contribution in [0.1, 0.15) is 13.8 Å². The predicted octanol–water partition coefficient (Wildman–Crippen LogP) is 1.73. The zero-order valence-corrected chi connectivity index (χ0v) is 12.1. The van der Waals surface area contributed by atoms with E-state index in [4.69, 9.17) is 39.5 Å². The molecular formula is C7H10Cl3N3O3S. The number of rotatable bonds is 2. The minimum absolute atomic E-state index is 0.147. The first-order valence-corrected chi connectivity index (χ1v) is 7.17. The molecule has 10 heteroatoms. The standard InChI is InChI=1S/C7H10Cl3N3O3S/c1-3-13(4-2)6-12-17(14,15)11-5(16-6)7(8,9)10/h3-4H2,1-2H3. The Labute approximate surface area is 114 Å². The van der Waals surface area contributed by atoms with Gasteiger partial charge in [0.2, 0.25) is 0 Å². The molecule has 0 fully saturated rings. The Bertz CT molecular complexity index is 451. The van der Waals surface area contributed by atoms with Crippen LogP contribution in [-0.4, -0.2) is 42.1 Å². The van der Waals surface area contributed by atoms with Gasteiger partial charge in [-0.2, -0.15) is 8.42 Å². The SMILES string of the molecule is CCN(CC)C1=NS(=O)(=O)N=C(C(Cl)(Cl)Cl)O1. The Morgan fingerprint density at radius 1 is 1.24 bits per heavy atom. The first kappa shape index (κ1) is 14.8. The van der Waals surface area contributed by atoms with Crippen LogP contribution < -0.4 is 0 Å². The van der Waals surface area contributed by atoms with E-state index in [0.717, 1.165) is 0 Å². The van der Waals surface area contributed by atoms with Gasteiger partial charge >= 0.3 is 16.2 Å². The molecule has 0 saturated heterocycles. The van der Waals surface area contributed by atoms with Gasteiger partial charge in [-0.1, -0.05) is 39.2 Å². The summed E-state index contributed by atoms with van der Waals surface area (Å²) in [4.78, 5) is 1.56. The van der Waals surface area contributed by atoms with E-state index in [-0.39, 0.29) is 6.02 Å². The van der Waals surface area contributed by atoms with Gasteiger partial charge in [-0.05, 0) is 13.8 Å². The summed E-state index contributed by atoms with van der Waals surface area (Å²) in [7, 11) is -4.07. The Hall–Kier alpha value is -0.240. The van der Waals surface area contributed by atoms with E-state index >= 15 is 0 Å². The molecule has 0 atom stereocenters. The summed E-state index contributed by atoms with van der Waals surface area (Å²) < 4.78 is 32.3. The molecule has 0 unspecified atom stereocenters. The largest absolute Gasteiger partial charge is 0.405 e. The van der Waals surface area contributed by atoms with Crippen molar-refractivity contribution in [2.45, 2.75) is 17.6 Å². The second-order valence-corrected chi connectivity index (χ2v) is 6.53. The fourth-order valence-electron chi connectivity index (χ4n) is 1.07. The van der Waals surface area contributed by atoms with E-state index in [0.29, 0.717) is 13.1 Å². The molecule has 0 radical (unpaired) electrons. The minimum Gasteiger partial charge on any atom is -0.405 e. The lowest BCUT2D eigenvalue weighted by Gasteiger charge is -2.25. The molecule has 0 aliphatic carbocycles. The molecule has 1 aliphatic heterocycles. The second-order valence-electron chi connectivity index (χ2n) is 2.99. The number of ether oxygens (including phenoxy) is 1. The number of hydrogen-bond donors (Lipinski definition) is 0. The third-order valence-electron chi connectivity index (χ3n) is 1.86. The van der Waals surface area contributed by atoms with Crippen LogP contribution in [0.2, 0.25) is 0 Å². The molecule has 98 valence electrons. The van der Waals surface area contributed by atoms with E-state index in [2.05, 4.69) is 8.80 Å². The Kier molecular flexibility index (Phi) is 4.51. The van der Waals surface area contributed by atoms with Gasteiger partial charge in [-0.25, -0.2) is 0 Å². The number of alkyl halides is 3. The lowest BCUT2D eigenvalue weighted by molar-refractivity contribution is 0.355. The zero-order valence-electron chi connectivity index (χ0n) is 9.02. The van der Waals surface area contributed by atoms with Gasteiger partial charge in [0, 0.05) is 13.1 Å². The van der Waals surface area contributed by atoms with Gasteiger partial charge in [0.05, 0.1) is 0 Å². The van der Waals surface area contributed by atoms with Crippen molar-refractivity contribution in [3.05, 3.63) is 0 Å².